The molecule has 2 aromatic rings. The molecule has 8 heteroatoms. The summed E-state index contributed by atoms with van der Waals surface area (Å²) in [7, 11) is 1.60. The smallest absolute Gasteiger partial charge is 0.408 e. The van der Waals surface area contributed by atoms with Gasteiger partial charge in [-0.05, 0) is 50.5 Å². The first-order valence-electron chi connectivity index (χ1n) is 10.8. The number of amides is 2. The number of rotatable bonds is 10. The molecule has 0 fully saturated rings. The lowest BCUT2D eigenvalue weighted by atomic mass is 10.1. The van der Waals surface area contributed by atoms with E-state index in [2.05, 4.69) is 10.6 Å². The van der Waals surface area contributed by atoms with Crippen molar-refractivity contribution in [1.82, 2.24) is 10.6 Å². The van der Waals surface area contributed by atoms with Crippen LogP contribution in [0.1, 0.15) is 38.3 Å². The van der Waals surface area contributed by atoms with Crippen LogP contribution in [0.2, 0.25) is 0 Å². The lowest BCUT2D eigenvalue weighted by Crippen LogP contribution is -2.49. The van der Waals surface area contributed by atoms with Crippen LogP contribution in [0, 0.1) is 0 Å². The summed E-state index contributed by atoms with van der Waals surface area (Å²) in [5.41, 5.74) is 1.09. The van der Waals surface area contributed by atoms with Gasteiger partial charge in [0.15, 0.2) is 0 Å². The second-order valence-corrected chi connectivity index (χ2v) is 8.44. The number of alkyl carbamates (subject to hydrolysis) is 1. The summed E-state index contributed by atoms with van der Waals surface area (Å²) in [6, 6.07) is 15.6. The standard InChI is InChI=1S/C25H32N2O6/c1-25(2,3)33-24(30)27-21(16-22(28)32-17-19-8-6-5-7-9-19)23(29)26-15-14-18-10-12-20(31-4)13-11-18/h5-13,21H,14-17H2,1-4H3,(H,26,29)(H,27,30)/t21-/m0/s1. The number of nitrogens with one attached hydrogen (secondary N) is 2. The molecule has 0 saturated heterocycles. The maximum atomic E-state index is 12.7. The number of hydrogen-bond donors (Lipinski definition) is 2. The van der Waals surface area contributed by atoms with Crippen LogP contribution in [0.3, 0.4) is 0 Å². The van der Waals surface area contributed by atoms with Gasteiger partial charge in [-0.1, -0.05) is 42.5 Å². The first-order chi connectivity index (χ1) is 15.7. The molecule has 33 heavy (non-hydrogen) atoms. The third kappa shape index (κ3) is 10.1. The Bertz CT molecular complexity index is 907. The van der Waals surface area contributed by atoms with E-state index < -0.39 is 29.6 Å². The predicted octanol–water partition coefficient (Wildman–Crippen LogP) is 3.38. The van der Waals surface area contributed by atoms with Gasteiger partial charge in [-0.25, -0.2) is 4.79 Å². The molecule has 0 aliphatic carbocycles. The fourth-order valence-corrected chi connectivity index (χ4v) is 2.87. The highest BCUT2D eigenvalue weighted by molar-refractivity contribution is 5.89. The van der Waals surface area contributed by atoms with Crippen LogP contribution in [0.25, 0.3) is 0 Å². The Morgan fingerprint density at radius 2 is 1.61 bits per heavy atom. The first-order valence-corrected chi connectivity index (χ1v) is 10.8. The Hall–Kier alpha value is -3.55. The number of esters is 1. The Kier molecular flexibility index (Phi) is 9.72. The molecule has 8 nitrogen and oxygen atoms in total. The summed E-state index contributed by atoms with van der Waals surface area (Å²) in [6.07, 6.45) is -0.526. The molecule has 0 bridgehead atoms. The van der Waals surface area contributed by atoms with Gasteiger partial charge in [0.25, 0.3) is 0 Å². The molecular weight excluding hydrogens is 424 g/mol. The lowest BCUT2D eigenvalue weighted by Gasteiger charge is -2.23. The largest absolute Gasteiger partial charge is 0.497 e. The highest BCUT2D eigenvalue weighted by Crippen LogP contribution is 2.12. The third-order valence-corrected chi connectivity index (χ3v) is 4.49. The van der Waals surface area contributed by atoms with Crippen molar-refractivity contribution in [3.63, 3.8) is 0 Å². The average molecular weight is 457 g/mol. The quantitative estimate of drug-likeness (QED) is 0.532. The summed E-state index contributed by atoms with van der Waals surface area (Å²) in [4.78, 5) is 37.3. The molecule has 2 rings (SSSR count). The Balaban J connectivity index is 1.93. The first kappa shape index (κ1) is 25.7. The number of carbonyl (C=O) groups is 3. The van der Waals surface area contributed by atoms with Crippen molar-refractivity contribution in [3.05, 3.63) is 65.7 Å². The van der Waals surface area contributed by atoms with Crippen molar-refractivity contribution in [3.8, 4) is 5.75 Å². The van der Waals surface area contributed by atoms with Crippen LogP contribution < -0.4 is 15.4 Å². The number of ether oxygens (including phenoxy) is 3. The van der Waals surface area contributed by atoms with Gasteiger partial charge in [0.05, 0.1) is 13.5 Å². The van der Waals surface area contributed by atoms with E-state index in [-0.39, 0.29) is 13.0 Å². The molecule has 0 radical (unpaired) electrons. The van der Waals surface area contributed by atoms with E-state index in [4.69, 9.17) is 14.2 Å². The molecule has 0 aliphatic rings. The van der Waals surface area contributed by atoms with E-state index in [1.54, 1.807) is 27.9 Å². The third-order valence-electron chi connectivity index (χ3n) is 4.49. The average Bonchev–Trinajstić information content (AvgIpc) is 2.77. The molecule has 0 spiro atoms. The predicted molar refractivity (Wildman–Crippen MR) is 124 cm³/mol. The maximum Gasteiger partial charge on any atom is 0.408 e. The number of methoxy groups -OCH3 is 1. The number of benzene rings is 2. The van der Waals surface area contributed by atoms with Gasteiger partial charge in [-0.2, -0.15) is 0 Å². The molecule has 2 N–H and O–H groups in total. The van der Waals surface area contributed by atoms with Crippen LogP contribution in [0.5, 0.6) is 5.75 Å². The van der Waals surface area contributed by atoms with Gasteiger partial charge in [-0.3, -0.25) is 9.59 Å². The van der Waals surface area contributed by atoms with Crippen molar-refractivity contribution in [2.75, 3.05) is 13.7 Å². The minimum Gasteiger partial charge on any atom is -0.497 e. The molecular formula is C25H32N2O6. The Morgan fingerprint density at radius 1 is 0.939 bits per heavy atom. The number of carbonyl (C=O) groups excluding carboxylic acids is 3. The summed E-state index contributed by atoms with van der Waals surface area (Å²) in [5.74, 6) is -0.352. The zero-order valence-electron chi connectivity index (χ0n) is 19.6. The van der Waals surface area contributed by atoms with E-state index in [0.717, 1.165) is 16.9 Å². The van der Waals surface area contributed by atoms with Crippen LogP contribution in [0.4, 0.5) is 4.79 Å². The van der Waals surface area contributed by atoms with Gasteiger partial charge < -0.3 is 24.8 Å². The van der Waals surface area contributed by atoms with E-state index in [0.29, 0.717) is 13.0 Å². The molecule has 2 aromatic carbocycles. The highest BCUT2D eigenvalue weighted by atomic mass is 16.6. The van der Waals surface area contributed by atoms with Gasteiger partial charge in [0.2, 0.25) is 5.91 Å². The summed E-state index contributed by atoms with van der Waals surface area (Å²) >= 11 is 0. The van der Waals surface area contributed by atoms with Crippen LogP contribution in [-0.2, 0) is 32.1 Å². The van der Waals surface area contributed by atoms with Crippen LogP contribution in [-0.4, -0.2) is 43.3 Å². The van der Waals surface area contributed by atoms with E-state index >= 15 is 0 Å². The molecule has 2 amide bonds. The van der Waals surface area contributed by atoms with Crippen LogP contribution >= 0.6 is 0 Å². The Morgan fingerprint density at radius 3 is 2.21 bits per heavy atom. The Labute approximate surface area is 194 Å². The molecule has 0 aliphatic heterocycles. The normalized spacial score (nSPS) is 11.8. The van der Waals surface area contributed by atoms with E-state index in [9.17, 15) is 14.4 Å². The molecule has 0 unspecified atom stereocenters. The van der Waals surface area contributed by atoms with Crippen molar-refractivity contribution >= 4 is 18.0 Å². The SMILES string of the molecule is COc1ccc(CCNC(=O)[C@H](CC(=O)OCc2ccccc2)NC(=O)OC(C)(C)C)cc1. The van der Waals surface area contributed by atoms with Crippen molar-refractivity contribution in [1.29, 1.82) is 0 Å². The monoisotopic (exact) mass is 456 g/mol. The fourth-order valence-electron chi connectivity index (χ4n) is 2.87. The van der Waals surface area contributed by atoms with Crippen LogP contribution in [0.15, 0.2) is 54.6 Å². The lowest BCUT2D eigenvalue weighted by molar-refractivity contribution is -0.147. The van der Waals surface area contributed by atoms with Gasteiger partial charge in [-0.15, -0.1) is 0 Å². The summed E-state index contributed by atoms with van der Waals surface area (Å²) in [6.45, 7) is 5.55. The van der Waals surface area contributed by atoms with Crippen molar-refractivity contribution in [2.24, 2.45) is 0 Å². The molecule has 1 atom stereocenters. The maximum absolute atomic E-state index is 12.7. The van der Waals surface area contributed by atoms with Gasteiger partial charge in [0, 0.05) is 6.54 Å². The molecule has 0 heterocycles. The molecule has 178 valence electrons. The minimum absolute atomic E-state index is 0.0813. The second kappa shape index (κ2) is 12.5. The topological polar surface area (TPSA) is 103 Å². The minimum atomic E-state index is -1.13. The second-order valence-electron chi connectivity index (χ2n) is 8.44. The summed E-state index contributed by atoms with van der Waals surface area (Å²) < 4.78 is 15.6. The number of hydrogen-bond acceptors (Lipinski definition) is 6. The van der Waals surface area contributed by atoms with Crippen molar-refractivity contribution in [2.45, 2.75) is 51.9 Å². The van der Waals surface area contributed by atoms with Crippen molar-refractivity contribution < 1.29 is 28.6 Å². The van der Waals surface area contributed by atoms with E-state index in [1.807, 2.05) is 54.6 Å². The highest BCUT2D eigenvalue weighted by Gasteiger charge is 2.27. The van der Waals surface area contributed by atoms with E-state index in [1.165, 1.54) is 0 Å². The molecule has 0 saturated carbocycles. The van der Waals surface area contributed by atoms with Gasteiger partial charge in [0.1, 0.15) is 24.0 Å². The van der Waals surface area contributed by atoms with Gasteiger partial charge >= 0.3 is 12.1 Å². The molecule has 0 aromatic heterocycles. The zero-order valence-corrected chi connectivity index (χ0v) is 19.6. The fraction of sp³-hybridized carbons (Fsp3) is 0.400. The zero-order chi connectivity index (χ0) is 24.3. The summed E-state index contributed by atoms with van der Waals surface area (Å²) in [5, 5.41) is 5.23.